The van der Waals surface area contributed by atoms with Gasteiger partial charge in [0.25, 0.3) is 11.8 Å². The molecule has 3 N–H and O–H groups in total. The maximum atomic E-state index is 12.9. The van der Waals surface area contributed by atoms with E-state index in [2.05, 4.69) is 16.9 Å². The number of nitrogens with two attached hydrogens (primary N) is 1. The molecule has 1 unspecified atom stereocenters. The number of carbonyl (C=O) groups is 2. The van der Waals surface area contributed by atoms with Gasteiger partial charge in [-0.2, -0.15) is 0 Å². The molecule has 2 aliphatic rings. The summed E-state index contributed by atoms with van der Waals surface area (Å²) in [5.41, 5.74) is 8.79. The summed E-state index contributed by atoms with van der Waals surface area (Å²) < 4.78 is 0. The van der Waals surface area contributed by atoms with Gasteiger partial charge in [-0.25, -0.2) is 0 Å². The fourth-order valence-electron chi connectivity index (χ4n) is 3.35. The zero-order valence-electron chi connectivity index (χ0n) is 15.4. The molecule has 1 aromatic heterocycles. The van der Waals surface area contributed by atoms with Gasteiger partial charge < -0.3 is 16.0 Å². The number of fused-ring (bicyclic) bond motifs is 1. The maximum absolute atomic E-state index is 12.9. The lowest BCUT2D eigenvalue weighted by atomic mass is 10.0. The highest BCUT2D eigenvalue weighted by Crippen LogP contribution is 2.29. The molecule has 0 bridgehead atoms. The third-order valence-electron chi connectivity index (χ3n) is 5.00. The molecule has 1 saturated carbocycles. The Hall–Kier alpha value is -2.47. The van der Waals surface area contributed by atoms with Gasteiger partial charge in [-0.3, -0.25) is 14.6 Å². The van der Waals surface area contributed by atoms with Crippen LogP contribution in [0.3, 0.4) is 0 Å². The molecule has 0 radical (unpaired) electrons. The van der Waals surface area contributed by atoms with Gasteiger partial charge in [0.15, 0.2) is 0 Å². The van der Waals surface area contributed by atoms with E-state index in [1.165, 1.54) is 19.0 Å². The summed E-state index contributed by atoms with van der Waals surface area (Å²) in [6.07, 6.45) is 6.09. The fraction of sp³-hybridized carbons (Fsp3) is 0.450. The number of rotatable bonds is 8. The number of pyridine rings is 1. The minimum absolute atomic E-state index is 0.0905. The topological polar surface area (TPSA) is 88.3 Å². The zero-order chi connectivity index (χ0) is 18.8. The van der Waals surface area contributed by atoms with E-state index < -0.39 is 5.91 Å². The van der Waals surface area contributed by atoms with Crippen molar-refractivity contribution in [1.29, 1.82) is 0 Å². The van der Waals surface area contributed by atoms with Crippen LogP contribution in [0, 0.1) is 5.92 Å². The van der Waals surface area contributed by atoms with Crippen LogP contribution in [0.25, 0.3) is 0 Å². The first-order valence-corrected chi connectivity index (χ1v) is 9.03. The van der Waals surface area contributed by atoms with Crippen molar-refractivity contribution in [3.8, 4) is 0 Å². The second-order valence-corrected chi connectivity index (χ2v) is 7.30. The van der Waals surface area contributed by atoms with Crippen molar-refractivity contribution in [2.24, 2.45) is 11.7 Å². The summed E-state index contributed by atoms with van der Waals surface area (Å²) >= 11 is 0. The Balaban J connectivity index is 1.79. The molecule has 0 aromatic carbocycles. The predicted molar refractivity (Wildman–Crippen MR) is 101 cm³/mol. The Bertz CT molecular complexity index is 780. The summed E-state index contributed by atoms with van der Waals surface area (Å²) in [6, 6.07) is 1.55. The molecule has 1 aliphatic heterocycles. The summed E-state index contributed by atoms with van der Waals surface area (Å²) in [7, 11) is 0. The molecular formula is C20H26N4O2. The van der Waals surface area contributed by atoms with E-state index in [0.717, 1.165) is 23.6 Å². The standard InChI is InChI=1S/C20H26N4O2/c1-12(2)8-15(10-22-9-14-4-5-14)13(3)24-11-17-16(20(24)26)6-7-23-18(17)19(21)25/h6-8,13-14,22H,1,4-5,9-11H2,2-3H3,(H2,21,25)/b15-8+. The normalized spacial score (nSPS) is 18.0. The molecule has 1 fully saturated rings. The minimum Gasteiger partial charge on any atom is -0.364 e. The van der Waals surface area contributed by atoms with Crippen LogP contribution in [0.15, 0.2) is 36.1 Å². The molecule has 1 aliphatic carbocycles. The lowest BCUT2D eigenvalue weighted by Gasteiger charge is -2.27. The quantitative estimate of drug-likeness (QED) is 0.699. The molecular weight excluding hydrogens is 328 g/mol. The molecule has 6 heteroatoms. The molecule has 0 spiro atoms. The van der Waals surface area contributed by atoms with E-state index in [1.807, 2.05) is 19.9 Å². The molecule has 26 heavy (non-hydrogen) atoms. The number of hydrogen-bond donors (Lipinski definition) is 2. The first-order valence-electron chi connectivity index (χ1n) is 9.03. The van der Waals surface area contributed by atoms with Crippen LogP contribution in [-0.4, -0.2) is 40.8 Å². The highest BCUT2D eigenvalue weighted by Gasteiger charge is 2.35. The number of primary amides is 1. The molecule has 0 saturated heterocycles. The number of nitrogens with zero attached hydrogens (tertiary/aromatic N) is 2. The average molecular weight is 354 g/mol. The van der Waals surface area contributed by atoms with Crippen LogP contribution in [0.2, 0.25) is 0 Å². The van der Waals surface area contributed by atoms with Crippen molar-refractivity contribution in [2.45, 2.75) is 39.3 Å². The Labute approximate surface area is 154 Å². The Morgan fingerprint density at radius 2 is 2.27 bits per heavy atom. The van der Waals surface area contributed by atoms with Crippen LogP contribution >= 0.6 is 0 Å². The number of nitrogens with one attached hydrogen (secondary N) is 1. The van der Waals surface area contributed by atoms with E-state index >= 15 is 0 Å². The van der Waals surface area contributed by atoms with Gasteiger partial charge in [0.1, 0.15) is 5.69 Å². The minimum atomic E-state index is -0.604. The van der Waals surface area contributed by atoms with E-state index in [9.17, 15) is 9.59 Å². The number of hydrogen-bond acceptors (Lipinski definition) is 4. The summed E-state index contributed by atoms with van der Waals surface area (Å²) in [5, 5.41) is 3.49. The average Bonchev–Trinajstić information content (AvgIpc) is 3.35. The van der Waals surface area contributed by atoms with Crippen molar-refractivity contribution in [3.05, 3.63) is 52.9 Å². The highest BCUT2D eigenvalue weighted by molar-refractivity contribution is 6.03. The van der Waals surface area contributed by atoms with Crippen molar-refractivity contribution < 1.29 is 9.59 Å². The molecule has 2 heterocycles. The van der Waals surface area contributed by atoms with Crippen LogP contribution in [-0.2, 0) is 6.54 Å². The van der Waals surface area contributed by atoms with E-state index in [1.54, 1.807) is 11.0 Å². The first-order chi connectivity index (χ1) is 12.4. The Kier molecular flexibility index (Phi) is 5.23. The van der Waals surface area contributed by atoms with Crippen molar-refractivity contribution in [2.75, 3.05) is 13.1 Å². The number of amides is 2. The van der Waals surface area contributed by atoms with Crippen molar-refractivity contribution in [1.82, 2.24) is 15.2 Å². The second kappa shape index (κ2) is 7.41. The zero-order valence-corrected chi connectivity index (χ0v) is 15.4. The largest absolute Gasteiger partial charge is 0.364 e. The van der Waals surface area contributed by atoms with Gasteiger partial charge in [-0.1, -0.05) is 18.2 Å². The Morgan fingerprint density at radius 1 is 1.54 bits per heavy atom. The monoisotopic (exact) mass is 354 g/mol. The highest BCUT2D eigenvalue weighted by atomic mass is 16.2. The van der Waals surface area contributed by atoms with E-state index in [0.29, 0.717) is 24.2 Å². The summed E-state index contributed by atoms with van der Waals surface area (Å²) in [4.78, 5) is 30.3. The van der Waals surface area contributed by atoms with Crippen LogP contribution in [0.1, 0.15) is 53.1 Å². The third kappa shape index (κ3) is 3.85. The maximum Gasteiger partial charge on any atom is 0.267 e. The van der Waals surface area contributed by atoms with E-state index in [-0.39, 0.29) is 17.6 Å². The fourth-order valence-corrected chi connectivity index (χ4v) is 3.35. The molecule has 2 amide bonds. The first kappa shape index (κ1) is 18.3. The SMILES string of the molecule is C=C(C)/C=C(\CNCC1CC1)C(C)N1Cc2c(ccnc2C(N)=O)C1=O. The Morgan fingerprint density at radius 3 is 2.88 bits per heavy atom. The number of aromatic nitrogens is 1. The lowest BCUT2D eigenvalue weighted by molar-refractivity contribution is 0.0738. The number of carbonyl (C=O) groups excluding carboxylic acids is 2. The van der Waals surface area contributed by atoms with Gasteiger partial charge in [0.2, 0.25) is 0 Å². The molecule has 1 aromatic rings. The van der Waals surface area contributed by atoms with Gasteiger partial charge in [-0.05, 0) is 50.8 Å². The smallest absolute Gasteiger partial charge is 0.267 e. The van der Waals surface area contributed by atoms with Gasteiger partial charge in [0.05, 0.1) is 6.04 Å². The predicted octanol–water partition coefficient (Wildman–Crippen LogP) is 2.03. The molecule has 6 nitrogen and oxygen atoms in total. The summed E-state index contributed by atoms with van der Waals surface area (Å²) in [5.74, 6) is 0.0958. The van der Waals surface area contributed by atoms with Crippen LogP contribution in [0.4, 0.5) is 0 Å². The van der Waals surface area contributed by atoms with Gasteiger partial charge in [-0.15, -0.1) is 0 Å². The number of allylic oxidation sites excluding steroid dienone is 2. The van der Waals surface area contributed by atoms with Gasteiger partial charge >= 0.3 is 0 Å². The van der Waals surface area contributed by atoms with Crippen LogP contribution in [0.5, 0.6) is 0 Å². The molecule has 1 atom stereocenters. The molecule has 138 valence electrons. The van der Waals surface area contributed by atoms with Crippen molar-refractivity contribution >= 4 is 11.8 Å². The van der Waals surface area contributed by atoms with Crippen molar-refractivity contribution in [3.63, 3.8) is 0 Å². The van der Waals surface area contributed by atoms with E-state index in [4.69, 9.17) is 5.73 Å². The van der Waals surface area contributed by atoms with Gasteiger partial charge in [0, 0.05) is 30.4 Å². The summed E-state index contributed by atoms with van der Waals surface area (Å²) in [6.45, 7) is 10.00. The van der Waals surface area contributed by atoms with Crippen LogP contribution < -0.4 is 11.1 Å². The lowest BCUT2D eigenvalue weighted by Crippen LogP contribution is -2.38. The third-order valence-corrected chi connectivity index (χ3v) is 5.00. The molecule has 3 rings (SSSR count). The second-order valence-electron chi connectivity index (χ2n) is 7.30.